The maximum absolute atomic E-state index is 11.5. The van der Waals surface area contributed by atoms with Gasteiger partial charge in [0.2, 0.25) is 5.91 Å². The first-order chi connectivity index (χ1) is 7.42. The second kappa shape index (κ2) is 4.73. The molecule has 16 heavy (non-hydrogen) atoms. The minimum Gasteiger partial charge on any atom is -0.321 e. The predicted octanol–water partition coefficient (Wildman–Crippen LogP) is 1.99. The van der Waals surface area contributed by atoms with Gasteiger partial charge in [0.25, 0.3) is 0 Å². The van der Waals surface area contributed by atoms with Gasteiger partial charge in [-0.3, -0.25) is 4.79 Å². The molecule has 0 aromatic rings. The van der Waals surface area contributed by atoms with Crippen molar-refractivity contribution in [1.82, 2.24) is 4.90 Å². The molecule has 0 saturated carbocycles. The number of nitrogens with zero attached hydrogens (tertiary/aromatic N) is 1. The highest BCUT2D eigenvalue weighted by Crippen LogP contribution is 2.33. The third kappa shape index (κ3) is 2.46. The van der Waals surface area contributed by atoms with Crippen molar-refractivity contribution in [3.8, 4) is 0 Å². The number of rotatable bonds is 2. The molecule has 1 aliphatic heterocycles. The van der Waals surface area contributed by atoms with E-state index in [1.807, 2.05) is 31.0 Å². The second-order valence-corrected chi connectivity index (χ2v) is 4.78. The average Bonchev–Trinajstić information content (AvgIpc) is 2.50. The van der Waals surface area contributed by atoms with Crippen LogP contribution in [0.4, 0.5) is 0 Å². The molecule has 1 heterocycles. The molecule has 1 rings (SSSR count). The van der Waals surface area contributed by atoms with Crippen molar-refractivity contribution in [1.29, 1.82) is 0 Å². The van der Waals surface area contributed by atoms with Crippen molar-refractivity contribution in [3.05, 3.63) is 35.6 Å². The van der Waals surface area contributed by atoms with Gasteiger partial charge in [-0.15, -0.1) is 0 Å². The molecule has 1 unspecified atom stereocenters. The molecule has 1 atom stereocenters. The van der Waals surface area contributed by atoms with Crippen LogP contribution >= 0.6 is 0 Å². The van der Waals surface area contributed by atoms with Gasteiger partial charge < -0.3 is 4.90 Å². The number of carbonyl (C=O) groups is 1. The zero-order valence-corrected chi connectivity index (χ0v) is 10.9. The molecule has 0 fully saturated rings. The van der Waals surface area contributed by atoms with Crippen LogP contribution in [-0.4, -0.2) is 24.1 Å². The van der Waals surface area contributed by atoms with Crippen LogP contribution in [0, 0.1) is 0 Å². The van der Waals surface area contributed by atoms with E-state index in [1.165, 1.54) is 11.1 Å². The highest BCUT2D eigenvalue weighted by atomic mass is 16.2. The lowest BCUT2D eigenvalue weighted by molar-refractivity contribution is -0.128. The number of hydrogen-bond acceptors (Lipinski definition) is 1. The fraction of sp³-hybridized carbons (Fsp3) is 0.462. The molecule has 3 heteroatoms. The summed E-state index contributed by atoms with van der Waals surface area (Å²) in [5.74, 6) is 0.107. The number of hydrogen-bond donors (Lipinski definition) is 0. The Hall–Kier alpha value is -1.25. The van der Waals surface area contributed by atoms with E-state index in [2.05, 4.69) is 26.9 Å². The molecule has 0 saturated heterocycles. The summed E-state index contributed by atoms with van der Waals surface area (Å²) in [5, 5.41) is 0. The van der Waals surface area contributed by atoms with E-state index in [0.717, 1.165) is 6.42 Å². The van der Waals surface area contributed by atoms with Crippen molar-refractivity contribution in [2.45, 2.75) is 39.6 Å². The summed E-state index contributed by atoms with van der Waals surface area (Å²) in [7, 11) is 2.10. The quantitative estimate of drug-likeness (QED) is 0.511. The fourth-order valence-electron chi connectivity index (χ4n) is 2.19. The number of amides is 1. The largest absolute Gasteiger partial charge is 0.321 e. The van der Waals surface area contributed by atoms with E-state index < -0.39 is 0 Å². The highest BCUT2D eigenvalue weighted by Gasteiger charge is 2.34. The van der Waals surface area contributed by atoms with Crippen LogP contribution in [0.2, 0.25) is 0 Å². The molecular formula is C13H20BNO. The lowest BCUT2D eigenvalue weighted by Crippen LogP contribution is -2.42. The summed E-state index contributed by atoms with van der Waals surface area (Å²) in [5.41, 5.74) is 2.34. The molecule has 0 aromatic heterocycles. The minimum absolute atomic E-state index is 0.100. The van der Waals surface area contributed by atoms with E-state index in [4.69, 9.17) is 0 Å². The standard InChI is InChI=1S/C13H20BNO/c1-5-7-11(6-2)12-8-13(4,14)15(9-12)10(3)16/h5-7,9H,8,14H2,1-4H3/b7-5-,11-6+. The maximum atomic E-state index is 11.5. The van der Waals surface area contributed by atoms with Gasteiger partial charge in [0, 0.05) is 18.6 Å². The normalized spacial score (nSPS) is 26.4. The third-order valence-electron chi connectivity index (χ3n) is 2.93. The molecule has 0 aromatic carbocycles. The van der Waals surface area contributed by atoms with E-state index >= 15 is 0 Å². The highest BCUT2D eigenvalue weighted by molar-refractivity contribution is 6.17. The SMILES string of the molecule is BC1(C)CC(C(/C=C\C)=C/C)=CN1C(C)=O. The average molecular weight is 217 g/mol. The predicted molar refractivity (Wildman–Crippen MR) is 70.7 cm³/mol. The van der Waals surface area contributed by atoms with Gasteiger partial charge in [-0.25, -0.2) is 0 Å². The van der Waals surface area contributed by atoms with Gasteiger partial charge in [-0.2, -0.15) is 0 Å². The van der Waals surface area contributed by atoms with Gasteiger partial charge in [-0.1, -0.05) is 18.2 Å². The van der Waals surface area contributed by atoms with E-state index in [1.54, 1.807) is 6.92 Å². The lowest BCUT2D eigenvalue weighted by atomic mass is 9.75. The van der Waals surface area contributed by atoms with Crippen molar-refractivity contribution >= 4 is 13.8 Å². The number of carbonyl (C=O) groups excluding carboxylic acids is 1. The van der Waals surface area contributed by atoms with Crippen LogP contribution in [0.3, 0.4) is 0 Å². The second-order valence-electron chi connectivity index (χ2n) is 4.78. The van der Waals surface area contributed by atoms with Crippen molar-refractivity contribution in [3.63, 3.8) is 0 Å². The molecule has 2 nitrogen and oxygen atoms in total. The van der Waals surface area contributed by atoms with Crippen molar-refractivity contribution < 1.29 is 4.79 Å². The first kappa shape index (κ1) is 12.8. The molecule has 0 N–H and O–H groups in total. The van der Waals surface area contributed by atoms with E-state index in [-0.39, 0.29) is 11.3 Å². The van der Waals surface area contributed by atoms with Crippen LogP contribution < -0.4 is 0 Å². The Morgan fingerprint density at radius 2 is 2.19 bits per heavy atom. The van der Waals surface area contributed by atoms with Gasteiger partial charge >= 0.3 is 0 Å². The zero-order chi connectivity index (χ0) is 12.3. The summed E-state index contributed by atoms with van der Waals surface area (Å²) < 4.78 is 0. The molecule has 1 aliphatic rings. The molecule has 0 aliphatic carbocycles. The minimum atomic E-state index is -0.100. The van der Waals surface area contributed by atoms with E-state index in [0.29, 0.717) is 0 Å². The van der Waals surface area contributed by atoms with Crippen LogP contribution in [0.25, 0.3) is 0 Å². The van der Waals surface area contributed by atoms with Crippen LogP contribution in [0.5, 0.6) is 0 Å². The molecule has 86 valence electrons. The molecule has 0 bridgehead atoms. The van der Waals surface area contributed by atoms with Gasteiger partial charge in [-0.05, 0) is 38.3 Å². The smallest absolute Gasteiger partial charge is 0.223 e. The Bertz CT molecular complexity index is 377. The molecule has 0 spiro atoms. The topological polar surface area (TPSA) is 20.3 Å². The Balaban J connectivity index is 3.03. The molecular weight excluding hydrogens is 197 g/mol. The Morgan fingerprint density at radius 1 is 1.56 bits per heavy atom. The van der Waals surface area contributed by atoms with Crippen molar-refractivity contribution in [2.75, 3.05) is 0 Å². The lowest BCUT2D eigenvalue weighted by Gasteiger charge is -2.30. The zero-order valence-electron chi connectivity index (χ0n) is 10.9. The summed E-state index contributed by atoms with van der Waals surface area (Å²) in [6.07, 6.45) is 9.10. The summed E-state index contributed by atoms with van der Waals surface area (Å²) in [6.45, 7) is 7.75. The third-order valence-corrected chi connectivity index (χ3v) is 2.93. The first-order valence-electron chi connectivity index (χ1n) is 5.72. The Morgan fingerprint density at radius 3 is 2.56 bits per heavy atom. The van der Waals surface area contributed by atoms with Crippen LogP contribution in [-0.2, 0) is 4.79 Å². The summed E-state index contributed by atoms with van der Waals surface area (Å²) >= 11 is 0. The maximum Gasteiger partial charge on any atom is 0.223 e. The summed E-state index contributed by atoms with van der Waals surface area (Å²) in [4.78, 5) is 13.3. The van der Waals surface area contributed by atoms with Crippen molar-refractivity contribution in [2.24, 2.45) is 0 Å². The van der Waals surface area contributed by atoms with Crippen LogP contribution in [0.15, 0.2) is 35.6 Å². The van der Waals surface area contributed by atoms with E-state index in [9.17, 15) is 4.79 Å². The monoisotopic (exact) mass is 217 g/mol. The fourth-order valence-corrected chi connectivity index (χ4v) is 2.19. The number of allylic oxidation sites excluding steroid dienone is 4. The van der Waals surface area contributed by atoms with Gasteiger partial charge in [0.15, 0.2) is 0 Å². The first-order valence-corrected chi connectivity index (χ1v) is 5.72. The Labute approximate surface area is 99.1 Å². The Kier molecular flexibility index (Phi) is 3.79. The molecule has 1 amide bonds. The van der Waals surface area contributed by atoms with Crippen LogP contribution in [0.1, 0.15) is 34.1 Å². The molecule has 0 radical (unpaired) electrons. The van der Waals surface area contributed by atoms with Gasteiger partial charge in [0.05, 0.1) is 0 Å². The van der Waals surface area contributed by atoms with Gasteiger partial charge in [0.1, 0.15) is 7.85 Å². The summed E-state index contributed by atoms with van der Waals surface area (Å²) in [6, 6.07) is 0.